The highest BCUT2D eigenvalue weighted by molar-refractivity contribution is 6.49. The molecule has 4 heteroatoms. The van der Waals surface area contributed by atoms with Crippen molar-refractivity contribution in [2.45, 2.75) is 6.61 Å². The lowest BCUT2D eigenvalue weighted by molar-refractivity contribution is 0.100. The first kappa shape index (κ1) is 7.37. The number of carbonyl (C=O) groups excluding carboxylic acids is 1. The highest BCUT2D eigenvalue weighted by Crippen LogP contribution is 2.07. The van der Waals surface area contributed by atoms with Crippen molar-refractivity contribution in [2.75, 3.05) is 0 Å². The van der Waals surface area contributed by atoms with Crippen LogP contribution in [0.1, 0.15) is 15.9 Å². The van der Waals surface area contributed by atoms with Crippen LogP contribution in [0.2, 0.25) is 0 Å². The van der Waals surface area contributed by atoms with Crippen molar-refractivity contribution in [1.29, 1.82) is 0 Å². The first-order valence-electron chi connectivity index (χ1n) is 3.77. The van der Waals surface area contributed by atoms with E-state index in [1.54, 1.807) is 12.1 Å². The smallest absolute Gasteiger partial charge is 0.309 e. The van der Waals surface area contributed by atoms with E-state index in [-0.39, 0.29) is 5.91 Å². The minimum absolute atomic E-state index is 0.385. The molecule has 0 saturated carbocycles. The summed E-state index contributed by atoms with van der Waals surface area (Å²) in [6.45, 7) is 0.647. The lowest BCUT2D eigenvalue weighted by Gasteiger charge is -1.98. The van der Waals surface area contributed by atoms with Crippen molar-refractivity contribution in [3.8, 4) is 0 Å². The average Bonchev–Trinajstić information content (AvgIpc) is 2.49. The lowest BCUT2D eigenvalue weighted by Crippen LogP contribution is -2.17. The molecule has 60 valence electrons. The molecule has 0 radical (unpaired) electrons. The molecule has 1 aromatic rings. The van der Waals surface area contributed by atoms with Gasteiger partial charge in [-0.15, -0.1) is 0 Å². The summed E-state index contributed by atoms with van der Waals surface area (Å²) in [5.74, 6) is -0.385. The zero-order valence-corrected chi connectivity index (χ0v) is 6.54. The van der Waals surface area contributed by atoms with E-state index in [2.05, 4.69) is 0 Å². The van der Waals surface area contributed by atoms with Crippen LogP contribution in [0.25, 0.3) is 0 Å². The average molecular weight is 161 g/mol. The van der Waals surface area contributed by atoms with Crippen molar-refractivity contribution in [3.05, 3.63) is 29.3 Å². The van der Waals surface area contributed by atoms with Gasteiger partial charge in [0, 0.05) is 5.56 Å². The summed E-state index contributed by atoms with van der Waals surface area (Å²) in [7, 11) is 0.594. The predicted octanol–water partition coefficient (Wildman–Crippen LogP) is -0.708. The molecule has 1 amide bonds. The molecule has 0 fully saturated rings. The fourth-order valence-electron chi connectivity index (χ4n) is 1.33. The molecule has 1 heterocycles. The third-order valence-electron chi connectivity index (χ3n) is 2.01. The molecule has 1 aliphatic heterocycles. The van der Waals surface area contributed by atoms with Crippen LogP contribution in [-0.2, 0) is 11.3 Å². The van der Waals surface area contributed by atoms with Gasteiger partial charge in [-0.1, -0.05) is 12.1 Å². The Balaban J connectivity index is 2.45. The largest absolute Gasteiger partial charge is 0.430 e. The van der Waals surface area contributed by atoms with Crippen LogP contribution >= 0.6 is 0 Å². The van der Waals surface area contributed by atoms with Crippen molar-refractivity contribution >= 4 is 18.9 Å². The van der Waals surface area contributed by atoms with Crippen LogP contribution in [0.5, 0.6) is 0 Å². The van der Waals surface area contributed by atoms with Gasteiger partial charge in [0.05, 0.1) is 6.61 Å². The molecule has 3 nitrogen and oxygen atoms in total. The van der Waals surface area contributed by atoms with E-state index in [0.29, 0.717) is 19.7 Å². The molecule has 0 spiro atoms. The monoisotopic (exact) mass is 161 g/mol. The summed E-state index contributed by atoms with van der Waals surface area (Å²) in [6.07, 6.45) is 0. The van der Waals surface area contributed by atoms with Crippen LogP contribution in [-0.4, -0.2) is 13.4 Å². The summed E-state index contributed by atoms with van der Waals surface area (Å²) in [6, 6.07) is 5.42. The van der Waals surface area contributed by atoms with E-state index < -0.39 is 0 Å². The van der Waals surface area contributed by atoms with Gasteiger partial charge in [0.1, 0.15) is 0 Å². The van der Waals surface area contributed by atoms with Gasteiger partial charge in [0.2, 0.25) is 5.91 Å². The van der Waals surface area contributed by atoms with E-state index in [0.717, 1.165) is 11.0 Å². The normalized spacial score (nSPS) is 13.7. The van der Waals surface area contributed by atoms with E-state index in [4.69, 9.17) is 10.4 Å². The van der Waals surface area contributed by atoms with Gasteiger partial charge >= 0.3 is 7.48 Å². The molecule has 2 rings (SSSR count). The molecule has 0 bridgehead atoms. The van der Waals surface area contributed by atoms with Gasteiger partial charge in [-0.2, -0.15) is 0 Å². The summed E-state index contributed by atoms with van der Waals surface area (Å²) in [5, 5.41) is 0. The molecule has 2 N–H and O–H groups in total. The third-order valence-corrected chi connectivity index (χ3v) is 2.01. The van der Waals surface area contributed by atoms with Crippen molar-refractivity contribution in [1.82, 2.24) is 0 Å². The van der Waals surface area contributed by atoms with Crippen molar-refractivity contribution in [2.24, 2.45) is 5.73 Å². The van der Waals surface area contributed by atoms with Crippen LogP contribution < -0.4 is 11.2 Å². The van der Waals surface area contributed by atoms with E-state index in [1.807, 2.05) is 6.07 Å². The Morgan fingerprint density at radius 2 is 2.42 bits per heavy atom. The number of nitrogens with two attached hydrogens (primary N) is 1. The summed E-state index contributed by atoms with van der Waals surface area (Å²) < 4.78 is 5.20. The summed E-state index contributed by atoms with van der Waals surface area (Å²) in [4.78, 5) is 10.8. The second-order valence-electron chi connectivity index (χ2n) is 2.84. The van der Waals surface area contributed by atoms with Gasteiger partial charge < -0.3 is 10.4 Å². The number of hydrogen-bond donors (Lipinski definition) is 1. The van der Waals surface area contributed by atoms with Crippen LogP contribution in [0, 0.1) is 0 Å². The summed E-state index contributed by atoms with van der Waals surface area (Å²) in [5.41, 5.74) is 7.91. The zero-order valence-electron chi connectivity index (χ0n) is 6.54. The summed E-state index contributed by atoms with van der Waals surface area (Å²) >= 11 is 0. The number of benzene rings is 1. The first-order chi connectivity index (χ1) is 5.77. The number of carbonyl (C=O) groups is 1. The molecule has 0 aromatic heterocycles. The maximum Gasteiger partial charge on any atom is 0.309 e. The van der Waals surface area contributed by atoms with Crippen LogP contribution in [0.3, 0.4) is 0 Å². The van der Waals surface area contributed by atoms with Crippen LogP contribution in [0.15, 0.2) is 18.2 Å². The highest BCUT2D eigenvalue weighted by Gasteiger charge is 2.14. The lowest BCUT2D eigenvalue weighted by atomic mass is 9.86. The molecular weight excluding hydrogens is 153 g/mol. The van der Waals surface area contributed by atoms with E-state index in [1.165, 1.54) is 0 Å². The molecule has 0 unspecified atom stereocenters. The number of amides is 1. The Hall–Kier alpha value is -1.29. The Morgan fingerprint density at radius 3 is 3.17 bits per heavy atom. The molecule has 1 aliphatic rings. The molecule has 0 aliphatic carbocycles. The zero-order chi connectivity index (χ0) is 8.55. The minimum atomic E-state index is -0.385. The SMILES string of the molecule is NC(=O)c1ccc2c(c1)BOC2. The number of rotatable bonds is 1. The second kappa shape index (κ2) is 2.64. The third kappa shape index (κ3) is 1.10. The molecular formula is C8H8BNO2. The standard InChI is InChI=1S/C8H8BNO2/c10-8(11)5-1-2-6-4-12-9-7(6)3-5/h1-3,9H,4H2,(H2,10,11). The fourth-order valence-corrected chi connectivity index (χ4v) is 1.33. The van der Waals surface area contributed by atoms with Crippen molar-refractivity contribution < 1.29 is 9.45 Å². The van der Waals surface area contributed by atoms with Gasteiger partial charge in [-0.3, -0.25) is 4.79 Å². The van der Waals surface area contributed by atoms with Gasteiger partial charge in [-0.25, -0.2) is 0 Å². The van der Waals surface area contributed by atoms with Crippen LogP contribution in [0.4, 0.5) is 0 Å². The van der Waals surface area contributed by atoms with Gasteiger partial charge in [0.15, 0.2) is 0 Å². The number of hydrogen-bond acceptors (Lipinski definition) is 2. The quantitative estimate of drug-likeness (QED) is 0.553. The number of primary amides is 1. The molecule has 0 saturated heterocycles. The Kier molecular flexibility index (Phi) is 1.62. The Labute approximate surface area is 70.8 Å². The maximum atomic E-state index is 10.8. The van der Waals surface area contributed by atoms with E-state index in [9.17, 15) is 4.79 Å². The first-order valence-corrected chi connectivity index (χ1v) is 3.77. The van der Waals surface area contributed by atoms with E-state index >= 15 is 0 Å². The maximum absolute atomic E-state index is 10.8. The van der Waals surface area contributed by atoms with Crippen molar-refractivity contribution in [3.63, 3.8) is 0 Å². The Bertz CT molecular complexity index is 338. The molecule has 1 aromatic carbocycles. The predicted molar refractivity (Wildman–Crippen MR) is 46.5 cm³/mol. The molecule has 12 heavy (non-hydrogen) atoms. The topological polar surface area (TPSA) is 52.3 Å². The fraction of sp³-hybridized carbons (Fsp3) is 0.125. The highest BCUT2D eigenvalue weighted by atomic mass is 16.4. The second-order valence-corrected chi connectivity index (χ2v) is 2.84. The molecule has 0 atom stereocenters. The Morgan fingerprint density at radius 1 is 1.58 bits per heavy atom. The minimum Gasteiger partial charge on any atom is -0.430 e. The van der Waals surface area contributed by atoms with Gasteiger partial charge in [-0.05, 0) is 17.1 Å². The van der Waals surface area contributed by atoms with Gasteiger partial charge in [0.25, 0.3) is 0 Å². The number of fused-ring (bicyclic) bond motifs is 1.